The number of piperazine rings is 1. The van der Waals surface area contributed by atoms with E-state index >= 15 is 0 Å². The molecule has 0 unspecified atom stereocenters. The van der Waals surface area contributed by atoms with Crippen molar-refractivity contribution in [3.63, 3.8) is 0 Å². The summed E-state index contributed by atoms with van der Waals surface area (Å²) in [5, 5.41) is 6.43. The summed E-state index contributed by atoms with van der Waals surface area (Å²) in [5.74, 6) is 0.0460. The standard InChI is InChI=1S/C39H49N5O7S2/c1-8-21(5)34-37(46)44-28(30(45)17-39(16-23(39)9-2)38(47)43-53(48,49)24-10-11-24)15-33(29(44)18-40-34)51-32-14-26(36-42-27(19-52-36)20(3)4)41-35-22(6)31(50-7)13-12-25(32)35/h9,12-14,19-21,23-24,28-29,33-34,40H,2,8,10-11,15-18H2,1,3-7H3,(H,43,47)/t21-,23-,28+,29-,33-,34-,39-/m1/s1. The number of ether oxygens (including phenoxy) is 2. The van der Waals surface area contributed by atoms with Crippen LogP contribution in [0.25, 0.3) is 21.6 Å². The van der Waals surface area contributed by atoms with Gasteiger partial charge in [-0.2, -0.15) is 0 Å². The van der Waals surface area contributed by atoms with Crippen molar-refractivity contribution in [2.75, 3.05) is 13.7 Å². The number of ketones is 1. The minimum absolute atomic E-state index is 0.0242. The van der Waals surface area contributed by atoms with Crippen LogP contribution in [-0.4, -0.2) is 84.0 Å². The summed E-state index contributed by atoms with van der Waals surface area (Å²) in [4.78, 5) is 53.9. The molecule has 284 valence electrons. The SMILES string of the molecule is C=C[C@@H]1C[C@]1(CC(=O)[C@@H]1C[C@@H](Oc2cc(-c3nc(C(C)C)cs3)nc3c(C)c(OC)ccc23)[C@H]2CN[C@H]([C@H](C)CC)C(=O)N21)C(=O)NS(=O)(=O)C1CC1. The first-order chi connectivity index (χ1) is 25.2. The minimum atomic E-state index is -3.81. The van der Waals surface area contributed by atoms with Crippen molar-refractivity contribution in [1.82, 2.24) is 24.9 Å². The zero-order valence-corrected chi connectivity index (χ0v) is 32.8. The number of aromatic nitrogens is 2. The van der Waals surface area contributed by atoms with Gasteiger partial charge in [0, 0.05) is 41.8 Å². The van der Waals surface area contributed by atoms with Gasteiger partial charge in [-0.3, -0.25) is 19.1 Å². The lowest BCUT2D eigenvalue weighted by atomic mass is 9.91. The maximum Gasteiger partial charge on any atom is 0.241 e. The third-order valence-corrected chi connectivity index (χ3v) is 14.5. The van der Waals surface area contributed by atoms with E-state index in [2.05, 4.69) is 30.5 Å². The number of nitrogens with zero attached hydrogens (tertiary/aromatic N) is 3. The van der Waals surface area contributed by atoms with E-state index in [1.807, 2.05) is 44.4 Å². The molecular formula is C39H49N5O7S2. The van der Waals surface area contributed by atoms with Crippen molar-refractivity contribution in [2.45, 2.75) is 109 Å². The number of aryl methyl sites for hydroxylation is 1. The molecule has 7 rings (SSSR count). The highest BCUT2D eigenvalue weighted by Crippen LogP contribution is 2.57. The number of Topliss-reactive ketones (excluding diaryl/α,β-unsaturated/α-hetero) is 1. The highest BCUT2D eigenvalue weighted by atomic mass is 32.2. The third kappa shape index (κ3) is 6.75. The summed E-state index contributed by atoms with van der Waals surface area (Å²) in [5.41, 5.74) is 1.94. The van der Waals surface area contributed by atoms with E-state index in [0.717, 1.165) is 28.1 Å². The van der Waals surface area contributed by atoms with Crippen molar-refractivity contribution in [2.24, 2.45) is 17.3 Å². The fourth-order valence-corrected chi connectivity index (χ4v) is 10.3. The maximum atomic E-state index is 14.5. The first kappa shape index (κ1) is 37.4. The van der Waals surface area contributed by atoms with Gasteiger partial charge in [-0.15, -0.1) is 17.9 Å². The van der Waals surface area contributed by atoms with E-state index < -0.39 is 50.8 Å². The highest BCUT2D eigenvalue weighted by molar-refractivity contribution is 7.90. The molecule has 53 heavy (non-hydrogen) atoms. The summed E-state index contributed by atoms with van der Waals surface area (Å²) in [6, 6.07) is 3.87. The molecule has 0 spiro atoms. The third-order valence-electron chi connectivity index (χ3n) is 11.8. The molecule has 2 aliphatic heterocycles. The van der Waals surface area contributed by atoms with E-state index in [1.54, 1.807) is 18.1 Å². The lowest BCUT2D eigenvalue weighted by Gasteiger charge is -2.41. The number of carbonyl (C=O) groups is 3. The second kappa shape index (κ2) is 14.1. The molecule has 0 bridgehead atoms. The van der Waals surface area contributed by atoms with E-state index in [4.69, 9.17) is 19.4 Å². The molecule has 2 amide bonds. The number of sulfonamides is 1. The average molecular weight is 764 g/mol. The van der Waals surface area contributed by atoms with Gasteiger partial charge in [0.25, 0.3) is 0 Å². The molecule has 1 aromatic carbocycles. The van der Waals surface area contributed by atoms with Gasteiger partial charge in [0.2, 0.25) is 21.8 Å². The number of allylic oxidation sites excluding steroid dienone is 1. The van der Waals surface area contributed by atoms with Crippen LogP contribution in [0.2, 0.25) is 0 Å². The van der Waals surface area contributed by atoms with Crippen molar-refractivity contribution >= 4 is 49.9 Å². The number of fused-ring (bicyclic) bond motifs is 2. The molecule has 7 atom stereocenters. The highest BCUT2D eigenvalue weighted by Gasteiger charge is 2.62. The first-order valence-electron chi connectivity index (χ1n) is 18.6. The van der Waals surface area contributed by atoms with Gasteiger partial charge in [0.05, 0.1) is 47.1 Å². The van der Waals surface area contributed by atoms with Crippen molar-refractivity contribution in [3.05, 3.63) is 47.5 Å². The number of hydrogen-bond acceptors (Lipinski definition) is 11. The van der Waals surface area contributed by atoms with Gasteiger partial charge in [-0.1, -0.05) is 40.2 Å². The molecule has 2 saturated heterocycles. The normalized spacial score (nSPS) is 27.4. The Labute approximate surface area is 315 Å². The molecule has 3 aromatic rings. The smallest absolute Gasteiger partial charge is 0.241 e. The molecule has 2 aliphatic carbocycles. The Kier molecular flexibility index (Phi) is 9.94. The summed E-state index contributed by atoms with van der Waals surface area (Å²) < 4.78 is 40.3. The largest absolute Gasteiger partial charge is 0.496 e. The number of amides is 2. The zero-order valence-electron chi connectivity index (χ0n) is 31.2. The van der Waals surface area contributed by atoms with Gasteiger partial charge < -0.3 is 19.7 Å². The lowest BCUT2D eigenvalue weighted by Crippen LogP contribution is -2.64. The number of thiazole rings is 1. The fraction of sp³-hybridized carbons (Fsp3) is 0.564. The molecule has 14 heteroatoms. The summed E-state index contributed by atoms with van der Waals surface area (Å²) in [6.45, 7) is 14.5. The summed E-state index contributed by atoms with van der Waals surface area (Å²) in [6.07, 6.45) is 3.16. The van der Waals surface area contributed by atoms with Crippen LogP contribution in [0.1, 0.15) is 83.4 Å². The predicted molar refractivity (Wildman–Crippen MR) is 203 cm³/mol. The van der Waals surface area contributed by atoms with Crippen LogP contribution in [0.3, 0.4) is 0 Å². The van der Waals surface area contributed by atoms with Crippen molar-refractivity contribution in [1.29, 1.82) is 0 Å². The molecule has 4 fully saturated rings. The summed E-state index contributed by atoms with van der Waals surface area (Å²) >= 11 is 1.51. The van der Waals surface area contributed by atoms with E-state index in [-0.39, 0.29) is 42.3 Å². The molecule has 4 heterocycles. The van der Waals surface area contributed by atoms with Crippen molar-refractivity contribution < 1.29 is 32.3 Å². The summed E-state index contributed by atoms with van der Waals surface area (Å²) in [7, 11) is -2.19. The van der Waals surface area contributed by atoms with Crippen LogP contribution in [0.5, 0.6) is 11.5 Å². The van der Waals surface area contributed by atoms with E-state index in [9.17, 15) is 22.8 Å². The topological polar surface area (TPSA) is 157 Å². The van der Waals surface area contributed by atoms with E-state index in [0.29, 0.717) is 48.5 Å². The maximum absolute atomic E-state index is 14.5. The Morgan fingerprint density at radius 3 is 2.58 bits per heavy atom. The van der Waals surface area contributed by atoms with Crippen LogP contribution < -0.4 is 19.5 Å². The molecule has 0 radical (unpaired) electrons. The zero-order chi connectivity index (χ0) is 38.0. The minimum Gasteiger partial charge on any atom is -0.496 e. The number of pyridine rings is 1. The molecule has 4 aliphatic rings. The molecule has 2 aromatic heterocycles. The number of hydrogen-bond donors (Lipinski definition) is 2. The number of benzene rings is 1. The van der Waals surface area contributed by atoms with Gasteiger partial charge in [-0.05, 0) is 56.1 Å². The van der Waals surface area contributed by atoms with Gasteiger partial charge in [0.15, 0.2) is 5.78 Å². The van der Waals surface area contributed by atoms with Gasteiger partial charge >= 0.3 is 0 Å². The Morgan fingerprint density at radius 1 is 1.21 bits per heavy atom. The molecule has 12 nitrogen and oxygen atoms in total. The Bertz CT molecular complexity index is 2080. The molecular weight excluding hydrogens is 715 g/mol. The molecule has 2 N–H and O–H groups in total. The number of methoxy groups -OCH3 is 1. The number of rotatable bonds is 14. The average Bonchev–Trinajstić information content (AvgIpc) is 4.02. The van der Waals surface area contributed by atoms with Crippen LogP contribution in [0.15, 0.2) is 36.2 Å². The van der Waals surface area contributed by atoms with Gasteiger partial charge in [-0.25, -0.2) is 18.4 Å². The number of carbonyl (C=O) groups excluding carboxylic acids is 3. The fourth-order valence-electron chi connectivity index (χ4n) is 7.98. The van der Waals surface area contributed by atoms with Crippen LogP contribution in [-0.2, 0) is 24.4 Å². The second-order valence-corrected chi connectivity index (χ2v) is 18.4. The van der Waals surface area contributed by atoms with Crippen molar-refractivity contribution in [3.8, 4) is 22.2 Å². The predicted octanol–water partition coefficient (Wildman–Crippen LogP) is 5.29. The Morgan fingerprint density at radius 2 is 1.96 bits per heavy atom. The number of nitrogens with one attached hydrogen (secondary N) is 2. The second-order valence-electron chi connectivity index (χ2n) is 15.5. The first-order valence-corrected chi connectivity index (χ1v) is 21.0. The van der Waals surface area contributed by atoms with Crippen LogP contribution in [0.4, 0.5) is 0 Å². The quantitative estimate of drug-likeness (QED) is 0.207. The van der Waals surface area contributed by atoms with Gasteiger partial charge in [0.1, 0.15) is 28.3 Å². The Balaban J connectivity index is 1.24. The Hall–Kier alpha value is -3.88. The molecule has 2 saturated carbocycles. The monoisotopic (exact) mass is 763 g/mol. The lowest BCUT2D eigenvalue weighted by molar-refractivity contribution is -0.146. The van der Waals surface area contributed by atoms with Crippen LogP contribution >= 0.6 is 11.3 Å². The van der Waals surface area contributed by atoms with Crippen LogP contribution in [0, 0.1) is 24.2 Å². The van der Waals surface area contributed by atoms with E-state index in [1.165, 1.54) is 11.3 Å².